The van der Waals surface area contributed by atoms with Gasteiger partial charge in [-0.1, -0.05) is 0 Å². The molecule has 0 radical (unpaired) electrons. The Bertz CT molecular complexity index is 578. The second-order valence-electron chi connectivity index (χ2n) is 5.78. The van der Waals surface area contributed by atoms with E-state index in [0.717, 1.165) is 0 Å². The number of nitrogens with zero attached hydrogens (tertiary/aromatic N) is 2. The number of hydrogen-bond acceptors (Lipinski definition) is 4. The van der Waals surface area contributed by atoms with Gasteiger partial charge in [0.1, 0.15) is 6.04 Å². The summed E-state index contributed by atoms with van der Waals surface area (Å²) in [5.74, 6) is -0.00861. The number of aryl methyl sites for hydroxylation is 1. The maximum atomic E-state index is 12.8. The van der Waals surface area contributed by atoms with Crippen LogP contribution in [0.2, 0.25) is 0 Å². The Morgan fingerprint density at radius 2 is 2.09 bits per heavy atom. The average molecular weight is 331 g/mol. The van der Waals surface area contributed by atoms with Crippen LogP contribution in [-0.4, -0.2) is 54.8 Å². The maximum Gasteiger partial charge on any atom is 0.404 e. The zero-order valence-corrected chi connectivity index (χ0v) is 13.3. The number of pyridine rings is 1. The summed E-state index contributed by atoms with van der Waals surface area (Å²) in [5, 5.41) is 2.78. The molecule has 0 spiro atoms. The largest absolute Gasteiger partial charge is 0.481 e. The molecule has 2 atom stereocenters. The number of likely N-dealkylation sites (N-methyl/N-ethyl adjacent to an activating group) is 1. The topological polar surface area (TPSA) is 54.5 Å². The van der Waals surface area contributed by atoms with Gasteiger partial charge in [0.15, 0.2) is 0 Å². The van der Waals surface area contributed by atoms with Crippen molar-refractivity contribution < 1.29 is 22.7 Å². The van der Waals surface area contributed by atoms with Gasteiger partial charge in [0.2, 0.25) is 5.88 Å². The summed E-state index contributed by atoms with van der Waals surface area (Å²) in [5.41, 5.74) is 1.02. The fraction of sp³-hybridized carbons (Fsp3) is 0.600. The number of rotatable bonds is 3. The highest BCUT2D eigenvalue weighted by Gasteiger charge is 2.44. The molecule has 0 bridgehead atoms. The molecule has 2 rings (SSSR count). The highest BCUT2D eigenvalue weighted by atomic mass is 19.4. The third kappa shape index (κ3) is 4.34. The van der Waals surface area contributed by atoms with Crippen LogP contribution in [0.15, 0.2) is 12.1 Å². The van der Waals surface area contributed by atoms with E-state index in [1.807, 2.05) is 0 Å². The van der Waals surface area contributed by atoms with Crippen molar-refractivity contribution in [3.8, 4) is 5.88 Å². The van der Waals surface area contributed by atoms with E-state index in [0.29, 0.717) is 23.6 Å². The second-order valence-corrected chi connectivity index (χ2v) is 5.78. The number of ether oxygens (including phenoxy) is 1. The Labute approximate surface area is 132 Å². The molecule has 1 aromatic heterocycles. The SMILES string of the molecule is COc1cc(C(=O)N[C@@H]2CC[C@H](C(F)(F)F)N(C)C2)cc(C)n1. The smallest absolute Gasteiger partial charge is 0.404 e. The molecule has 0 unspecified atom stereocenters. The predicted molar refractivity (Wildman–Crippen MR) is 78.5 cm³/mol. The van der Waals surface area contributed by atoms with Gasteiger partial charge >= 0.3 is 6.18 Å². The third-order valence-electron chi connectivity index (χ3n) is 3.94. The molecule has 5 nitrogen and oxygen atoms in total. The molecular weight excluding hydrogens is 311 g/mol. The lowest BCUT2D eigenvalue weighted by Crippen LogP contribution is -2.54. The summed E-state index contributed by atoms with van der Waals surface area (Å²) in [7, 11) is 2.88. The number of alkyl halides is 3. The van der Waals surface area contributed by atoms with Gasteiger partial charge in [-0.25, -0.2) is 4.98 Å². The Morgan fingerprint density at radius 3 is 2.65 bits per heavy atom. The zero-order chi connectivity index (χ0) is 17.2. The van der Waals surface area contributed by atoms with Gasteiger partial charge in [0, 0.05) is 29.9 Å². The van der Waals surface area contributed by atoms with Crippen molar-refractivity contribution in [3.05, 3.63) is 23.4 Å². The third-order valence-corrected chi connectivity index (χ3v) is 3.94. The van der Waals surface area contributed by atoms with E-state index in [-0.39, 0.29) is 24.9 Å². The minimum Gasteiger partial charge on any atom is -0.481 e. The number of piperidine rings is 1. The van der Waals surface area contributed by atoms with Crippen LogP contribution >= 0.6 is 0 Å². The first-order valence-corrected chi connectivity index (χ1v) is 7.31. The minimum absolute atomic E-state index is 0.0242. The van der Waals surface area contributed by atoms with E-state index in [1.165, 1.54) is 25.1 Å². The van der Waals surface area contributed by atoms with Crippen molar-refractivity contribution in [3.63, 3.8) is 0 Å². The average Bonchev–Trinajstić information content (AvgIpc) is 2.45. The monoisotopic (exact) mass is 331 g/mol. The number of carbonyl (C=O) groups is 1. The van der Waals surface area contributed by atoms with E-state index in [9.17, 15) is 18.0 Å². The number of likely N-dealkylation sites (tertiary alicyclic amines) is 1. The van der Waals surface area contributed by atoms with Crippen LogP contribution in [0, 0.1) is 6.92 Å². The molecule has 0 saturated carbocycles. The van der Waals surface area contributed by atoms with Crippen LogP contribution in [0.1, 0.15) is 28.9 Å². The van der Waals surface area contributed by atoms with Gasteiger partial charge in [-0.15, -0.1) is 0 Å². The number of halogens is 3. The second kappa shape index (κ2) is 6.74. The molecule has 0 aliphatic carbocycles. The molecule has 8 heteroatoms. The summed E-state index contributed by atoms with van der Waals surface area (Å²) in [6.07, 6.45) is -3.97. The fourth-order valence-corrected chi connectivity index (χ4v) is 2.82. The normalized spacial score (nSPS) is 22.7. The Hall–Kier alpha value is -1.83. The highest BCUT2D eigenvalue weighted by molar-refractivity contribution is 5.94. The lowest BCUT2D eigenvalue weighted by Gasteiger charge is -2.38. The van der Waals surface area contributed by atoms with E-state index in [2.05, 4.69) is 10.3 Å². The van der Waals surface area contributed by atoms with Gasteiger partial charge in [0.25, 0.3) is 5.91 Å². The van der Waals surface area contributed by atoms with Gasteiger partial charge in [0.05, 0.1) is 7.11 Å². The molecule has 1 aromatic rings. The van der Waals surface area contributed by atoms with Crippen LogP contribution in [0.5, 0.6) is 5.88 Å². The first-order chi connectivity index (χ1) is 10.7. The predicted octanol–water partition coefficient (Wildman–Crippen LogP) is 2.15. The Kier molecular flexibility index (Phi) is 5.13. The standard InChI is InChI=1S/C15H20F3N3O2/c1-9-6-10(7-13(19-9)23-3)14(22)20-11-4-5-12(15(16,17)18)21(2)8-11/h6-7,11-12H,4-5,8H2,1-3H3,(H,20,22)/t11-,12-/m1/s1. The summed E-state index contributed by atoms with van der Waals surface area (Å²) < 4.78 is 43.5. The molecule has 1 N–H and O–H groups in total. The summed E-state index contributed by atoms with van der Waals surface area (Å²) in [4.78, 5) is 17.6. The van der Waals surface area contributed by atoms with Gasteiger partial charge in [-0.2, -0.15) is 13.2 Å². The van der Waals surface area contributed by atoms with Crippen LogP contribution in [0.25, 0.3) is 0 Å². The molecule has 2 heterocycles. The number of methoxy groups -OCH3 is 1. The quantitative estimate of drug-likeness (QED) is 0.922. The molecule has 1 aliphatic rings. The number of carbonyl (C=O) groups excluding carboxylic acids is 1. The van der Waals surface area contributed by atoms with Gasteiger partial charge in [-0.3, -0.25) is 9.69 Å². The van der Waals surface area contributed by atoms with Crippen LogP contribution in [0.3, 0.4) is 0 Å². The first kappa shape index (κ1) is 17.5. The summed E-state index contributed by atoms with van der Waals surface area (Å²) in [6.45, 7) is 1.90. The van der Waals surface area contributed by atoms with Gasteiger partial charge < -0.3 is 10.1 Å². The van der Waals surface area contributed by atoms with E-state index < -0.39 is 12.2 Å². The van der Waals surface area contributed by atoms with Crippen molar-refractivity contribution in [2.24, 2.45) is 0 Å². The number of amides is 1. The van der Waals surface area contributed by atoms with Crippen molar-refractivity contribution >= 4 is 5.91 Å². The fourth-order valence-electron chi connectivity index (χ4n) is 2.82. The molecule has 1 saturated heterocycles. The van der Waals surface area contributed by atoms with Crippen molar-refractivity contribution in [1.29, 1.82) is 0 Å². The minimum atomic E-state index is -4.24. The molecule has 0 aromatic carbocycles. The molecule has 128 valence electrons. The summed E-state index contributed by atoms with van der Waals surface area (Å²) in [6, 6.07) is 1.36. The zero-order valence-electron chi connectivity index (χ0n) is 13.3. The number of hydrogen-bond donors (Lipinski definition) is 1. The lowest BCUT2D eigenvalue weighted by atomic mass is 9.98. The van der Waals surface area contributed by atoms with Crippen LogP contribution in [-0.2, 0) is 0 Å². The Morgan fingerprint density at radius 1 is 1.39 bits per heavy atom. The summed E-state index contributed by atoms with van der Waals surface area (Å²) >= 11 is 0. The molecule has 23 heavy (non-hydrogen) atoms. The highest BCUT2D eigenvalue weighted by Crippen LogP contribution is 2.30. The Balaban J connectivity index is 2.01. The lowest BCUT2D eigenvalue weighted by molar-refractivity contribution is -0.188. The maximum absolute atomic E-state index is 12.8. The number of aromatic nitrogens is 1. The van der Waals surface area contributed by atoms with E-state index in [4.69, 9.17) is 4.74 Å². The van der Waals surface area contributed by atoms with Gasteiger partial charge in [-0.05, 0) is 32.9 Å². The van der Waals surface area contributed by atoms with Crippen LogP contribution in [0.4, 0.5) is 13.2 Å². The molecular formula is C15H20F3N3O2. The molecule has 1 aliphatic heterocycles. The molecule has 1 amide bonds. The van der Waals surface area contributed by atoms with Crippen molar-refractivity contribution in [2.75, 3.05) is 20.7 Å². The van der Waals surface area contributed by atoms with E-state index in [1.54, 1.807) is 13.0 Å². The van der Waals surface area contributed by atoms with Crippen molar-refractivity contribution in [1.82, 2.24) is 15.2 Å². The van der Waals surface area contributed by atoms with E-state index >= 15 is 0 Å². The van der Waals surface area contributed by atoms with Crippen molar-refractivity contribution in [2.45, 2.75) is 38.0 Å². The first-order valence-electron chi connectivity index (χ1n) is 7.31. The number of nitrogens with one attached hydrogen (secondary N) is 1. The molecule has 1 fully saturated rings. The van der Waals surface area contributed by atoms with Crippen LogP contribution < -0.4 is 10.1 Å².